The van der Waals surface area contributed by atoms with E-state index >= 15 is 0 Å². The van der Waals surface area contributed by atoms with Gasteiger partial charge in [-0.3, -0.25) is 0 Å². The van der Waals surface area contributed by atoms with Crippen molar-refractivity contribution in [1.29, 1.82) is 0 Å². The molecule has 3 heteroatoms. The zero-order valence-electron chi connectivity index (χ0n) is 11.3. The van der Waals surface area contributed by atoms with Gasteiger partial charge in [-0.1, -0.05) is 24.8 Å². The third-order valence-electron chi connectivity index (χ3n) is 2.92. The van der Waals surface area contributed by atoms with Crippen molar-refractivity contribution < 1.29 is 4.42 Å². The van der Waals surface area contributed by atoms with Gasteiger partial charge in [0.15, 0.2) is 5.58 Å². The average Bonchev–Trinajstić information content (AvgIpc) is 2.82. The number of benzene rings is 1. The van der Waals surface area contributed by atoms with Crippen LogP contribution in [-0.4, -0.2) is 11.5 Å². The highest BCUT2D eigenvalue weighted by molar-refractivity contribution is 5.78. The molecule has 0 aliphatic carbocycles. The molecular weight excluding hydrogens is 236 g/mol. The number of hydrogen-bond acceptors (Lipinski definition) is 3. The number of fused-ring (bicyclic) bond motifs is 1. The van der Waals surface area contributed by atoms with Gasteiger partial charge in [-0.15, -0.1) is 0 Å². The standard InChI is InChI=1S/C16H18N2O/c1-4-13(10-17)7-6-12(3)16-18-14-8-5-11(2)9-15(14)19-16/h4-9H,3,10,17H2,1-2H3/b7-6-,13-4+. The van der Waals surface area contributed by atoms with E-state index < -0.39 is 0 Å². The number of aryl methyl sites for hydroxylation is 1. The van der Waals surface area contributed by atoms with Crippen LogP contribution in [0.3, 0.4) is 0 Å². The van der Waals surface area contributed by atoms with Gasteiger partial charge in [-0.2, -0.15) is 0 Å². The number of hydrogen-bond donors (Lipinski definition) is 1. The van der Waals surface area contributed by atoms with Gasteiger partial charge in [-0.25, -0.2) is 4.98 Å². The molecule has 0 amide bonds. The van der Waals surface area contributed by atoms with Gasteiger partial charge in [0.2, 0.25) is 5.89 Å². The van der Waals surface area contributed by atoms with Gasteiger partial charge in [0.1, 0.15) is 5.52 Å². The van der Waals surface area contributed by atoms with Crippen LogP contribution in [0.25, 0.3) is 16.7 Å². The molecule has 0 bridgehead atoms. The van der Waals surface area contributed by atoms with Crippen LogP contribution in [0.15, 0.2) is 53.0 Å². The number of aromatic nitrogens is 1. The van der Waals surface area contributed by atoms with Crippen LogP contribution >= 0.6 is 0 Å². The summed E-state index contributed by atoms with van der Waals surface area (Å²) in [6, 6.07) is 5.94. The minimum atomic E-state index is 0.507. The Morgan fingerprint density at radius 2 is 2.21 bits per heavy atom. The first kappa shape index (κ1) is 13.3. The number of nitrogens with two attached hydrogens (primary N) is 1. The first-order valence-corrected chi connectivity index (χ1v) is 6.24. The van der Waals surface area contributed by atoms with Crippen LogP contribution in [0.5, 0.6) is 0 Å². The Hall–Kier alpha value is -2.13. The predicted octanol–water partition coefficient (Wildman–Crippen LogP) is 3.61. The van der Waals surface area contributed by atoms with E-state index in [2.05, 4.69) is 11.6 Å². The molecule has 2 N–H and O–H groups in total. The molecule has 2 aromatic rings. The van der Waals surface area contributed by atoms with Gasteiger partial charge in [0.25, 0.3) is 0 Å². The lowest BCUT2D eigenvalue weighted by Crippen LogP contribution is -2.00. The van der Waals surface area contributed by atoms with Crippen molar-refractivity contribution in [2.24, 2.45) is 5.73 Å². The highest BCUT2D eigenvalue weighted by atomic mass is 16.3. The Morgan fingerprint density at radius 1 is 1.42 bits per heavy atom. The Morgan fingerprint density at radius 3 is 2.89 bits per heavy atom. The van der Waals surface area contributed by atoms with Gasteiger partial charge in [0.05, 0.1) is 0 Å². The van der Waals surface area contributed by atoms with Gasteiger partial charge in [0, 0.05) is 12.1 Å². The summed E-state index contributed by atoms with van der Waals surface area (Å²) in [6.07, 6.45) is 5.78. The molecule has 2 rings (SSSR count). The minimum absolute atomic E-state index is 0.507. The van der Waals surface area contributed by atoms with E-state index in [1.807, 2.05) is 50.3 Å². The number of allylic oxidation sites excluding steroid dienone is 3. The predicted molar refractivity (Wildman–Crippen MR) is 79.7 cm³/mol. The largest absolute Gasteiger partial charge is 0.436 e. The number of rotatable bonds is 4. The Labute approximate surface area is 113 Å². The SMILES string of the molecule is C=C(/C=C\C(=C/C)CN)c1nc2ccc(C)cc2o1. The van der Waals surface area contributed by atoms with E-state index in [4.69, 9.17) is 10.2 Å². The van der Waals surface area contributed by atoms with E-state index in [1.165, 1.54) is 0 Å². The molecule has 0 aliphatic heterocycles. The normalized spacial score (nSPS) is 12.5. The molecule has 0 aliphatic rings. The monoisotopic (exact) mass is 254 g/mol. The molecular formula is C16H18N2O. The van der Waals surface area contributed by atoms with Crippen molar-refractivity contribution in [1.82, 2.24) is 4.98 Å². The van der Waals surface area contributed by atoms with Crippen molar-refractivity contribution >= 4 is 16.7 Å². The van der Waals surface area contributed by atoms with Crippen molar-refractivity contribution in [3.63, 3.8) is 0 Å². The lowest BCUT2D eigenvalue weighted by Gasteiger charge is -1.95. The molecule has 0 unspecified atom stereocenters. The van der Waals surface area contributed by atoms with Crippen LogP contribution in [-0.2, 0) is 0 Å². The summed E-state index contributed by atoms with van der Waals surface area (Å²) in [6.45, 7) is 8.46. The lowest BCUT2D eigenvalue weighted by molar-refractivity contribution is 0.586. The second-order valence-electron chi connectivity index (χ2n) is 4.42. The van der Waals surface area contributed by atoms with Gasteiger partial charge < -0.3 is 10.2 Å². The summed E-state index contributed by atoms with van der Waals surface area (Å²) in [5.74, 6) is 0.546. The van der Waals surface area contributed by atoms with Crippen LogP contribution in [0.4, 0.5) is 0 Å². The second-order valence-corrected chi connectivity index (χ2v) is 4.42. The zero-order chi connectivity index (χ0) is 13.8. The van der Waals surface area contributed by atoms with E-state index in [9.17, 15) is 0 Å². The van der Waals surface area contributed by atoms with Crippen LogP contribution in [0.1, 0.15) is 18.4 Å². The van der Waals surface area contributed by atoms with Crippen LogP contribution < -0.4 is 5.73 Å². The molecule has 98 valence electrons. The smallest absolute Gasteiger partial charge is 0.226 e. The quantitative estimate of drug-likeness (QED) is 0.848. The lowest BCUT2D eigenvalue weighted by atomic mass is 10.2. The highest BCUT2D eigenvalue weighted by Gasteiger charge is 2.07. The molecule has 0 saturated heterocycles. The fourth-order valence-electron chi connectivity index (χ4n) is 1.73. The highest BCUT2D eigenvalue weighted by Crippen LogP contribution is 2.21. The Balaban J connectivity index is 2.27. The summed E-state index contributed by atoms with van der Waals surface area (Å²) in [7, 11) is 0. The summed E-state index contributed by atoms with van der Waals surface area (Å²) in [5, 5.41) is 0. The Bertz CT molecular complexity index is 662. The molecule has 0 fully saturated rings. The van der Waals surface area contributed by atoms with Crippen molar-refractivity contribution in [3.05, 3.63) is 60.0 Å². The van der Waals surface area contributed by atoms with E-state index in [-0.39, 0.29) is 0 Å². The van der Waals surface area contributed by atoms with Gasteiger partial charge in [-0.05, 0) is 43.2 Å². The third-order valence-corrected chi connectivity index (χ3v) is 2.92. The van der Waals surface area contributed by atoms with Crippen molar-refractivity contribution in [3.8, 4) is 0 Å². The maximum Gasteiger partial charge on any atom is 0.226 e. The molecule has 19 heavy (non-hydrogen) atoms. The second kappa shape index (κ2) is 5.67. The summed E-state index contributed by atoms with van der Waals surface area (Å²) in [5.41, 5.74) is 10.2. The van der Waals surface area contributed by atoms with E-state index in [1.54, 1.807) is 0 Å². The average molecular weight is 254 g/mol. The molecule has 0 spiro atoms. The first-order valence-electron chi connectivity index (χ1n) is 6.24. The third kappa shape index (κ3) is 3.01. The maximum absolute atomic E-state index is 5.70. The van der Waals surface area contributed by atoms with Crippen LogP contribution in [0.2, 0.25) is 0 Å². The van der Waals surface area contributed by atoms with E-state index in [0.717, 1.165) is 27.8 Å². The molecule has 1 aromatic carbocycles. The summed E-state index contributed by atoms with van der Waals surface area (Å²) in [4.78, 5) is 4.42. The van der Waals surface area contributed by atoms with Crippen LogP contribution in [0, 0.1) is 6.92 Å². The molecule has 1 heterocycles. The molecule has 0 radical (unpaired) electrons. The number of nitrogens with zero attached hydrogens (tertiary/aromatic N) is 1. The molecule has 0 atom stereocenters. The van der Waals surface area contributed by atoms with Crippen molar-refractivity contribution in [2.45, 2.75) is 13.8 Å². The molecule has 1 aromatic heterocycles. The molecule has 3 nitrogen and oxygen atoms in total. The van der Waals surface area contributed by atoms with Gasteiger partial charge >= 0.3 is 0 Å². The zero-order valence-corrected chi connectivity index (χ0v) is 11.3. The maximum atomic E-state index is 5.70. The topological polar surface area (TPSA) is 52.0 Å². The number of oxazole rings is 1. The summed E-state index contributed by atoms with van der Waals surface area (Å²) >= 11 is 0. The van der Waals surface area contributed by atoms with Crippen molar-refractivity contribution in [2.75, 3.05) is 6.54 Å². The van der Waals surface area contributed by atoms with E-state index in [0.29, 0.717) is 12.4 Å². The minimum Gasteiger partial charge on any atom is -0.436 e. The first-order chi connectivity index (χ1) is 9.13. The Kier molecular flexibility index (Phi) is 3.97. The summed E-state index contributed by atoms with van der Waals surface area (Å²) < 4.78 is 5.70. The fourth-order valence-corrected chi connectivity index (χ4v) is 1.73. The molecule has 0 saturated carbocycles. The fraction of sp³-hybridized carbons (Fsp3) is 0.188.